The van der Waals surface area contributed by atoms with Crippen LogP contribution >= 0.6 is 23.5 Å². The molecule has 0 aliphatic heterocycles. The van der Waals surface area contributed by atoms with Gasteiger partial charge in [0.1, 0.15) is 6.29 Å². The van der Waals surface area contributed by atoms with Gasteiger partial charge in [0.2, 0.25) is 0 Å². The van der Waals surface area contributed by atoms with Crippen molar-refractivity contribution in [2.45, 2.75) is 81.9 Å². The van der Waals surface area contributed by atoms with E-state index in [1.54, 1.807) is 11.8 Å². The van der Waals surface area contributed by atoms with Crippen LogP contribution in [0.2, 0.25) is 0 Å². The Hall–Kier alpha value is -2.23. The van der Waals surface area contributed by atoms with Gasteiger partial charge in [-0.05, 0) is 94.2 Å². The molecule has 0 saturated carbocycles. The summed E-state index contributed by atoms with van der Waals surface area (Å²) in [7, 11) is 0. The molecule has 3 aromatic carbocycles. The van der Waals surface area contributed by atoms with Crippen LogP contribution in [0.5, 0.6) is 0 Å². The molecule has 4 rings (SSSR count). The average Bonchev–Trinajstić information content (AvgIpc) is 2.89. The Kier molecular flexibility index (Phi) is 10.3. The fourth-order valence-electron chi connectivity index (χ4n) is 4.80. The number of rotatable bonds is 7. The fourth-order valence-corrected chi connectivity index (χ4v) is 6.13. The first kappa shape index (κ1) is 29.3. The summed E-state index contributed by atoms with van der Waals surface area (Å²) in [4.78, 5) is 12.8. The van der Waals surface area contributed by atoms with E-state index in [-0.39, 0.29) is 10.8 Å². The molecule has 0 fully saturated rings. The first-order chi connectivity index (χ1) is 17.6. The van der Waals surface area contributed by atoms with Gasteiger partial charge in [-0.2, -0.15) is 0 Å². The minimum atomic E-state index is 0.264. The molecule has 0 radical (unpaired) electrons. The third-order valence-electron chi connectivity index (χ3n) is 7.21. The third kappa shape index (κ3) is 7.88. The number of aldehydes is 1. The number of carbonyl (C=O) groups excluding carboxylic acids is 1. The van der Waals surface area contributed by atoms with Crippen LogP contribution in [0.3, 0.4) is 0 Å². The van der Waals surface area contributed by atoms with Crippen molar-refractivity contribution in [3.63, 3.8) is 0 Å². The van der Waals surface area contributed by atoms with Crippen molar-refractivity contribution in [2.75, 3.05) is 11.5 Å². The van der Waals surface area contributed by atoms with Gasteiger partial charge >= 0.3 is 0 Å². The van der Waals surface area contributed by atoms with Crippen molar-refractivity contribution in [3.8, 4) is 0 Å². The Labute approximate surface area is 233 Å². The summed E-state index contributed by atoms with van der Waals surface area (Å²) < 4.78 is 0. The normalized spacial score (nSPS) is 15.8. The van der Waals surface area contributed by atoms with Crippen molar-refractivity contribution in [2.24, 2.45) is 0 Å². The van der Waals surface area contributed by atoms with Crippen LogP contribution in [0.1, 0.15) is 93.9 Å². The molecule has 0 heterocycles. The predicted octanol–water partition coefficient (Wildman–Crippen LogP) is 10.3. The molecular weight excluding hydrogens is 489 g/mol. The maximum absolute atomic E-state index is 10.3. The topological polar surface area (TPSA) is 17.1 Å². The average molecular weight is 531 g/mol. The quantitative estimate of drug-likeness (QED) is 0.172. The summed E-state index contributed by atoms with van der Waals surface area (Å²) in [5.41, 5.74) is 8.32. The molecule has 0 amide bonds. The summed E-state index contributed by atoms with van der Waals surface area (Å²) in [6.07, 6.45) is 5.70. The molecular formula is C34H42OS2. The monoisotopic (exact) mass is 530 g/mol. The molecule has 196 valence electrons. The van der Waals surface area contributed by atoms with Crippen LogP contribution in [0.4, 0.5) is 0 Å². The Bertz CT molecular complexity index is 1200. The number of fused-ring (bicyclic) bond motifs is 1. The fraction of sp³-hybridized carbons (Fsp3) is 0.382. The van der Waals surface area contributed by atoms with E-state index in [1.165, 1.54) is 50.5 Å². The van der Waals surface area contributed by atoms with E-state index in [2.05, 4.69) is 97.0 Å². The number of thioether (sulfide) groups is 2. The molecule has 0 unspecified atom stereocenters. The second-order valence-corrected chi connectivity index (χ2v) is 13.7. The number of allylic oxidation sites excluding steroid dienone is 1. The molecule has 0 spiro atoms. The lowest BCUT2D eigenvalue weighted by Crippen LogP contribution is -2.33. The smallest absolute Gasteiger partial charge is 0.150 e. The van der Waals surface area contributed by atoms with Gasteiger partial charge in [0.05, 0.1) is 0 Å². The van der Waals surface area contributed by atoms with Crippen molar-refractivity contribution in [1.29, 1.82) is 0 Å². The van der Waals surface area contributed by atoms with Crippen LogP contribution in [0.25, 0.3) is 11.6 Å². The maximum Gasteiger partial charge on any atom is 0.150 e. The Morgan fingerprint density at radius 1 is 0.730 bits per heavy atom. The van der Waals surface area contributed by atoms with Gasteiger partial charge in [0.15, 0.2) is 0 Å². The van der Waals surface area contributed by atoms with Gasteiger partial charge in [-0.15, -0.1) is 23.5 Å². The van der Waals surface area contributed by atoms with Gasteiger partial charge in [-0.1, -0.05) is 90.1 Å². The lowest BCUT2D eigenvalue weighted by atomic mass is 9.63. The molecule has 0 atom stereocenters. The van der Waals surface area contributed by atoms with E-state index in [0.717, 1.165) is 23.4 Å². The van der Waals surface area contributed by atoms with Gasteiger partial charge in [-0.25, -0.2) is 0 Å². The van der Waals surface area contributed by atoms with Crippen LogP contribution in [-0.2, 0) is 10.8 Å². The van der Waals surface area contributed by atoms with Crippen molar-refractivity contribution >= 4 is 41.5 Å². The summed E-state index contributed by atoms with van der Waals surface area (Å²) in [5.74, 6) is 2.19. The number of carbonyl (C=O) groups is 1. The zero-order valence-corrected chi connectivity index (χ0v) is 25.2. The van der Waals surface area contributed by atoms with Gasteiger partial charge in [0, 0.05) is 15.4 Å². The summed E-state index contributed by atoms with van der Waals surface area (Å²) in [5, 5.41) is 0. The second-order valence-electron chi connectivity index (χ2n) is 11.0. The third-order valence-corrected chi connectivity index (χ3v) is 9.00. The van der Waals surface area contributed by atoms with Crippen molar-refractivity contribution in [3.05, 3.63) is 94.5 Å². The molecule has 0 bridgehead atoms. The second kappa shape index (κ2) is 13.0. The number of hydrogen-bond donors (Lipinski definition) is 0. The molecule has 0 saturated heterocycles. The summed E-state index contributed by atoms with van der Waals surface area (Å²) in [6, 6.07) is 23.7. The zero-order chi connectivity index (χ0) is 27.1. The van der Waals surface area contributed by atoms with Crippen LogP contribution in [0, 0.1) is 0 Å². The highest BCUT2D eigenvalue weighted by atomic mass is 32.2. The molecule has 0 N–H and O–H groups in total. The first-order valence-corrected chi connectivity index (χ1v) is 15.3. The standard InChI is InChI=1S/C25H32S.C9H10OS/c1-7-26-21-11-8-19(9-12-21)16-18(2)20-10-13-22-23(17-20)25(5,6)15-14-24(22,3)4;1-2-11-9-5-3-8(7-10)4-6-9/h8-13,16-17H,7,14-15H2,1-6H3;3-7H,2H2,1H3. The lowest BCUT2D eigenvalue weighted by Gasteiger charge is -2.42. The highest BCUT2D eigenvalue weighted by Gasteiger charge is 2.36. The summed E-state index contributed by atoms with van der Waals surface area (Å²) >= 11 is 3.67. The van der Waals surface area contributed by atoms with Crippen molar-refractivity contribution < 1.29 is 4.79 Å². The Morgan fingerprint density at radius 2 is 1.22 bits per heavy atom. The first-order valence-electron chi connectivity index (χ1n) is 13.3. The van der Waals surface area contributed by atoms with Crippen LogP contribution < -0.4 is 0 Å². The van der Waals surface area contributed by atoms with E-state index >= 15 is 0 Å². The van der Waals surface area contributed by atoms with Gasteiger partial charge in [0.25, 0.3) is 0 Å². The molecule has 1 nitrogen and oxygen atoms in total. The minimum Gasteiger partial charge on any atom is -0.298 e. The van der Waals surface area contributed by atoms with E-state index < -0.39 is 0 Å². The highest BCUT2D eigenvalue weighted by Crippen LogP contribution is 2.46. The molecule has 1 aliphatic carbocycles. The highest BCUT2D eigenvalue weighted by molar-refractivity contribution is 7.99. The number of benzene rings is 3. The molecule has 1 aliphatic rings. The molecule has 3 aromatic rings. The molecule has 3 heteroatoms. The SMILES string of the molecule is CCSc1ccc(C=C(C)c2ccc3c(c2)C(C)(C)CCC3(C)C)cc1.CCSc1ccc(C=O)cc1. The van der Waals surface area contributed by atoms with Crippen molar-refractivity contribution in [1.82, 2.24) is 0 Å². The van der Waals surface area contributed by atoms with Crippen LogP contribution in [-0.4, -0.2) is 17.8 Å². The Balaban J connectivity index is 0.000000289. The molecule has 0 aromatic heterocycles. The number of hydrogen-bond acceptors (Lipinski definition) is 3. The molecule has 37 heavy (non-hydrogen) atoms. The maximum atomic E-state index is 10.3. The Morgan fingerprint density at radius 3 is 1.70 bits per heavy atom. The predicted molar refractivity (Wildman–Crippen MR) is 166 cm³/mol. The van der Waals surface area contributed by atoms with E-state index in [9.17, 15) is 4.79 Å². The zero-order valence-electron chi connectivity index (χ0n) is 23.6. The van der Waals surface area contributed by atoms with Crippen LogP contribution in [0.15, 0.2) is 76.5 Å². The van der Waals surface area contributed by atoms with Gasteiger partial charge in [-0.3, -0.25) is 4.79 Å². The van der Waals surface area contributed by atoms with Gasteiger partial charge < -0.3 is 0 Å². The summed E-state index contributed by atoms with van der Waals surface area (Å²) in [6.45, 7) is 16.1. The minimum absolute atomic E-state index is 0.264. The largest absolute Gasteiger partial charge is 0.298 e. The lowest BCUT2D eigenvalue weighted by molar-refractivity contribution is 0.112. The van der Waals surface area contributed by atoms with E-state index in [4.69, 9.17) is 0 Å². The van der Waals surface area contributed by atoms with E-state index in [1.807, 2.05) is 36.0 Å². The van der Waals surface area contributed by atoms with E-state index in [0.29, 0.717) is 0 Å².